The quantitative estimate of drug-likeness (QED) is 0.716. The van der Waals surface area contributed by atoms with Gasteiger partial charge in [0.15, 0.2) is 5.01 Å². The van der Waals surface area contributed by atoms with E-state index in [-0.39, 0.29) is 10.6 Å². The largest absolute Gasteiger partial charge is 0.324 e. The van der Waals surface area contributed by atoms with Gasteiger partial charge in [0, 0.05) is 28.9 Å². The van der Waals surface area contributed by atoms with E-state index < -0.39 is 5.92 Å². The summed E-state index contributed by atoms with van der Waals surface area (Å²) in [6, 6.07) is 11.2. The van der Waals surface area contributed by atoms with Crippen molar-refractivity contribution in [1.82, 2.24) is 9.97 Å². The van der Waals surface area contributed by atoms with Crippen LogP contribution in [0.15, 0.2) is 60.2 Å². The zero-order chi connectivity index (χ0) is 14.0. The van der Waals surface area contributed by atoms with E-state index in [0.717, 1.165) is 16.9 Å². The summed E-state index contributed by atoms with van der Waals surface area (Å²) in [4.78, 5) is 7.97. The number of benzene rings is 1. The molecular weight excluding hydrogens is 278 g/mol. The lowest BCUT2D eigenvalue weighted by molar-refractivity contribution is 0.0426. The Labute approximate surface area is 118 Å². The zero-order valence-electron chi connectivity index (χ0n) is 10.3. The summed E-state index contributed by atoms with van der Waals surface area (Å²) >= 11 is 0.965. The summed E-state index contributed by atoms with van der Waals surface area (Å²) in [6.45, 7) is 0. The molecule has 0 radical (unpaired) electrons. The minimum atomic E-state index is -3.07. The maximum atomic E-state index is 14.4. The van der Waals surface area contributed by atoms with Crippen molar-refractivity contribution in [2.24, 2.45) is 0 Å². The van der Waals surface area contributed by atoms with Gasteiger partial charge in [0.1, 0.15) is 0 Å². The lowest BCUT2D eigenvalue weighted by Gasteiger charge is -2.13. The molecule has 0 bridgehead atoms. The minimum absolute atomic E-state index is 0.0457. The molecule has 0 saturated heterocycles. The highest BCUT2D eigenvalue weighted by molar-refractivity contribution is 7.10. The van der Waals surface area contributed by atoms with Crippen molar-refractivity contribution >= 4 is 11.3 Å². The number of hydrogen-bond acceptors (Lipinski definition) is 3. The minimum Gasteiger partial charge on any atom is -0.265 e. The molecule has 2 aromatic heterocycles. The second kappa shape index (κ2) is 5.09. The number of aromatic nitrogens is 2. The van der Waals surface area contributed by atoms with Crippen LogP contribution in [-0.2, 0) is 5.92 Å². The van der Waals surface area contributed by atoms with Gasteiger partial charge in [-0.05, 0) is 12.1 Å². The Kier molecular flexibility index (Phi) is 3.28. The Balaban J connectivity index is 1.98. The second-order valence-corrected chi connectivity index (χ2v) is 5.07. The SMILES string of the molecule is FC(F)(c1ccccc1)c1nc(-c2ccncc2)cs1. The smallest absolute Gasteiger partial charge is 0.265 e. The van der Waals surface area contributed by atoms with Gasteiger partial charge in [-0.3, -0.25) is 4.98 Å². The van der Waals surface area contributed by atoms with E-state index in [1.807, 2.05) is 0 Å². The molecule has 0 amide bonds. The molecular formula is C15H10F2N2S. The molecule has 3 aromatic rings. The van der Waals surface area contributed by atoms with E-state index in [2.05, 4.69) is 9.97 Å². The van der Waals surface area contributed by atoms with Crippen LogP contribution in [0, 0.1) is 0 Å². The Morgan fingerprint density at radius 3 is 2.35 bits per heavy atom. The van der Waals surface area contributed by atoms with E-state index in [1.54, 1.807) is 48.1 Å². The number of nitrogens with zero attached hydrogens (tertiary/aromatic N) is 2. The van der Waals surface area contributed by atoms with Gasteiger partial charge in [-0.1, -0.05) is 30.3 Å². The third-order valence-corrected chi connectivity index (χ3v) is 3.80. The number of thiazole rings is 1. The molecule has 0 unspecified atom stereocenters. The standard InChI is InChI=1S/C15H10F2N2S/c16-15(17,12-4-2-1-3-5-12)14-19-13(10-20-14)11-6-8-18-9-7-11/h1-10H. The van der Waals surface area contributed by atoms with E-state index in [1.165, 1.54) is 12.1 Å². The molecule has 3 rings (SSSR count). The van der Waals surface area contributed by atoms with E-state index in [9.17, 15) is 8.78 Å². The van der Waals surface area contributed by atoms with Crippen LogP contribution in [0.25, 0.3) is 11.3 Å². The van der Waals surface area contributed by atoms with Gasteiger partial charge in [-0.15, -0.1) is 11.3 Å². The molecule has 0 aliphatic rings. The summed E-state index contributed by atoms with van der Waals surface area (Å²) in [5.74, 6) is -3.07. The Bertz CT molecular complexity index is 696. The second-order valence-electron chi connectivity index (χ2n) is 4.21. The molecule has 2 heterocycles. The van der Waals surface area contributed by atoms with Crippen LogP contribution < -0.4 is 0 Å². The molecule has 0 spiro atoms. The van der Waals surface area contributed by atoms with Crippen LogP contribution in [0.3, 0.4) is 0 Å². The Hall–Kier alpha value is -2.14. The van der Waals surface area contributed by atoms with Crippen LogP contribution in [0.4, 0.5) is 8.78 Å². The molecule has 1 aromatic carbocycles. The van der Waals surface area contributed by atoms with Gasteiger partial charge in [0.05, 0.1) is 5.69 Å². The fourth-order valence-electron chi connectivity index (χ4n) is 1.84. The van der Waals surface area contributed by atoms with Gasteiger partial charge in [-0.25, -0.2) is 4.98 Å². The third-order valence-electron chi connectivity index (χ3n) is 2.89. The summed E-state index contributed by atoms with van der Waals surface area (Å²) in [5.41, 5.74) is 1.28. The van der Waals surface area contributed by atoms with E-state index in [0.29, 0.717) is 5.69 Å². The summed E-state index contributed by atoms with van der Waals surface area (Å²) in [7, 11) is 0. The lowest BCUT2D eigenvalue weighted by atomic mass is 10.1. The average molecular weight is 288 g/mol. The van der Waals surface area contributed by atoms with Gasteiger partial charge in [0.2, 0.25) is 0 Å². The Morgan fingerprint density at radius 2 is 1.65 bits per heavy atom. The highest BCUT2D eigenvalue weighted by atomic mass is 32.1. The van der Waals surface area contributed by atoms with Crippen molar-refractivity contribution in [2.75, 3.05) is 0 Å². The van der Waals surface area contributed by atoms with Crippen LogP contribution in [0.2, 0.25) is 0 Å². The molecule has 0 fully saturated rings. The van der Waals surface area contributed by atoms with Crippen molar-refractivity contribution in [2.45, 2.75) is 5.92 Å². The van der Waals surface area contributed by atoms with Crippen LogP contribution in [-0.4, -0.2) is 9.97 Å². The summed E-state index contributed by atoms with van der Waals surface area (Å²) in [5, 5.41) is 1.44. The molecule has 0 aliphatic heterocycles. The highest BCUT2D eigenvalue weighted by Gasteiger charge is 2.37. The monoisotopic (exact) mass is 288 g/mol. The first-order valence-electron chi connectivity index (χ1n) is 5.97. The molecule has 0 N–H and O–H groups in total. The van der Waals surface area contributed by atoms with Crippen molar-refractivity contribution in [3.63, 3.8) is 0 Å². The van der Waals surface area contributed by atoms with E-state index >= 15 is 0 Å². The fourth-order valence-corrected chi connectivity index (χ4v) is 2.67. The maximum Gasteiger partial charge on any atom is 0.324 e. The van der Waals surface area contributed by atoms with Gasteiger partial charge < -0.3 is 0 Å². The molecule has 5 heteroatoms. The summed E-state index contributed by atoms with van der Waals surface area (Å²) < 4.78 is 28.7. The fraction of sp³-hybridized carbons (Fsp3) is 0.0667. The van der Waals surface area contributed by atoms with Gasteiger partial charge in [0.25, 0.3) is 0 Å². The number of alkyl halides is 2. The molecule has 100 valence electrons. The predicted octanol–water partition coefficient (Wildman–Crippen LogP) is 4.35. The van der Waals surface area contributed by atoms with Crippen molar-refractivity contribution in [3.8, 4) is 11.3 Å². The van der Waals surface area contributed by atoms with Crippen molar-refractivity contribution in [3.05, 3.63) is 70.8 Å². The third kappa shape index (κ3) is 2.32. The molecule has 0 atom stereocenters. The first-order valence-corrected chi connectivity index (χ1v) is 6.85. The van der Waals surface area contributed by atoms with Crippen LogP contribution >= 0.6 is 11.3 Å². The van der Waals surface area contributed by atoms with E-state index in [4.69, 9.17) is 0 Å². The Morgan fingerprint density at radius 1 is 0.950 bits per heavy atom. The van der Waals surface area contributed by atoms with Gasteiger partial charge in [-0.2, -0.15) is 8.78 Å². The van der Waals surface area contributed by atoms with Crippen molar-refractivity contribution in [1.29, 1.82) is 0 Å². The first kappa shape index (κ1) is 12.9. The number of rotatable bonds is 3. The summed E-state index contributed by atoms with van der Waals surface area (Å²) in [6.07, 6.45) is 3.23. The molecule has 2 nitrogen and oxygen atoms in total. The van der Waals surface area contributed by atoms with Crippen LogP contribution in [0.1, 0.15) is 10.6 Å². The first-order chi connectivity index (χ1) is 9.68. The number of halogens is 2. The normalized spacial score (nSPS) is 11.5. The number of pyridine rings is 1. The molecule has 20 heavy (non-hydrogen) atoms. The van der Waals surface area contributed by atoms with Crippen molar-refractivity contribution < 1.29 is 8.78 Å². The zero-order valence-corrected chi connectivity index (χ0v) is 11.1. The lowest BCUT2D eigenvalue weighted by Crippen LogP contribution is -2.14. The van der Waals surface area contributed by atoms with Gasteiger partial charge >= 0.3 is 5.92 Å². The maximum absolute atomic E-state index is 14.4. The average Bonchev–Trinajstić information content (AvgIpc) is 3.00. The highest BCUT2D eigenvalue weighted by Crippen LogP contribution is 2.38. The van der Waals surface area contributed by atoms with Crippen LogP contribution in [0.5, 0.6) is 0 Å². The number of hydrogen-bond donors (Lipinski definition) is 0. The molecule has 0 saturated carbocycles. The molecule has 0 aliphatic carbocycles. The predicted molar refractivity (Wildman–Crippen MR) is 74.8 cm³/mol. The topological polar surface area (TPSA) is 25.8 Å².